The van der Waals surface area contributed by atoms with Gasteiger partial charge in [0.2, 0.25) is 0 Å². The van der Waals surface area contributed by atoms with Crippen molar-refractivity contribution >= 4 is 28.9 Å². The number of nitrogens with zero attached hydrogens (tertiary/aromatic N) is 1. The van der Waals surface area contributed by atoms with E-state index in [-0.39, 0.29) is 11.7 Å². The number of halogens is 2. The molecule has 0 aliphatic carbocycles. The molecule has 0 saturated heterocycles. The van der Waals surface area contributed by atoms with Gasteiger partial charge < -0.3 is 10.6 Å². The van der Waals surface area contributed by atoms with Crippen molar-refractivity contribution < 1.29 is 9.18 Å². The lowest BCUT2D eigenvalue weighted by Crippen LogP contribution is -2.14. The number of hydrogen-bond acceptors (Lipinski definition) is 3. The SMILES string of the molecule is Cc1cc(Cl)ccc1NC(=O)c1cncc(NCCc2ccccc2F)c1. The van der Waals surface area contributed by atoms with Gasteiger partial charge in [-0.25, -0.2) is 4.39 Å². The molecule has 0 unspecified atom stereocenters. The Kier molecular flexibility index (Phi) is 6.04. The van der Waals surface area contributed by atoms with Gasteiger partial charge in [-0.3, -0.25) is 9.78 Å². The van der Waals surface area contributed by atoms with Crippen LogP contribution in [-0.4, -0.2) is 17.4 Å². The maximum atomic E-state index is 13.6. The molecule has 1 amide bonds. The van der Waals surface area contributed by atoms with E-state index in [0.29, 0.717) is 40.5 Å². The maximum absolute atomic E-state index is 13.6. The second kappa shape index (κ2) is 8.64. The van der Waals surface area contributed by atoms with Crippen molar-refractivity contribution in [2.45, 2.75) is 13.3 Å². The van der Waals surface area contributed by atoms with Gasteiger partial charge in [-0.1, -0.05) is 29.8 Å². The number of amides is 1. The topological polar surface area (TPSA) is 54.0 Å². The van der Waals surface area contributed by atoms with E-state index in [1.165, 1.54) is 12.3 Å². The van der Waals surface area contributed by atoms with E-state index in [1.54, 1.807) is 42.6 Å². The van der Waals surface area contributed by atoms with Crippen LogP contribution in [0.1, 0.15) is 21.5 Å². The van der Waals surface area contributed by atoms with Gasteiger partial charge in [0, 0.05) is 29.6 Å². The first-order chi connectivity index (χ1) is 13.0. The van der Waals surface area contributed by atoms with Crippen molar-refractivity contribution in [1.82, 2.24) is 4.98 Å². The number of aryl methyl sites for hydroxylation is 1. The van der Waals surface area contributed by atoms with Gasteiger partial charge in [-0.15, -0.1) is 0 Å². The Morgan fingerprint density at radius 1 is 1.15 bits per heavy atom. The average molecular weight is 384 g/mol. The molecule has 2 aromatic carbocycles. The Morgan fingerprint density at radius 3 is 2.74 bits per heavy atom. The number of carbonyl (C=O) groups excluding carboxylic acids is 1. The number of anilines is 2. The van der Waals surface area contributed by atoms with E-state index in [2.05, 4.69) is 15.6 Å². The van der Waals surface area contributed by atoms with Crippen LogP contribution in [0.25, 0.3) is 0 Å². The van der Waals surface area contributed by atoms with Crippen molar-refractivity contribution in [2.24, 2.45) is 0 Å². The average Bonchev–Trinajstić information content (AvgIpc) is 2.66. The zero-order valence-corrected chi connectivity index (χ0v) is 15.6. The normalized spacial score (nSPS) is 10.5. The third-order valence-corrected chi connectivity index (χ3v) is 4.35. The molecular weight excluding hydrogens is 365 g/mol. The summed E-state index contributed by atoms with van der Waals surface area (Å²) in [5, 5.41) is 6.65. The molecule has 2 N–H and O–H groups in total. The highest BCUT2D eigenvalue weighted by molar-refractivity contribution is 6.30. The fourth-order valence-corrected chi connectivity index (χ4v) is 2.89. The highest BCUT2D eigenvalue weighted by atomic mass is 35.5. The molecule has 0 fully saturated rings. The van der Waals surface area contributed by atoms with E-state index >= 15 is 0 Å². The van der Waals surface area contributed by atoms with Crippen LogP contribution >= 0.6 is 11.6 Å². The first kappa shape index (κ1) is 18.9. The second-order valence-electron chi connectivity index (χ2n) is 6.14. The van der Waals surface area contributed by atoms with E-state index in [0.717, 1.165) is 5.56 Å². The van der Waals surface area contributed by atoms with E-state index in [9.17, 15) is 9.18 Å². The summed E-state index contributed by atoms with van der Waals surface area (Å²) in [6.45, 7) is 2.41. The van der Waals surface area contributed by atoms with Crippen LogP contribution in [0.4, 0.5) is 15.8 Å². The maximum Gasteiger partial charge on any atom is 0.257 e. The Bertz CT molecular complexity index is 962. The Hall–Kier alpha value is -2.92. The zero-order chi connectivity index (χ0) is 19.2. The predicted molar refractivity (Wildman–Crippen MR) is 107 cm³/mol. The zero-order valence-electron chi connectivity index (χ0n) is 14.8. The predicted octanol–water partition coefficient (Wildman–Crippen LogP) is 5.09. The summed E-state index contributed by atoms with van der Waals surface area (Å²) >= 11 is 5.94. The number of nitrogens with one attached hydrogen (secondary N) is 2. The van der Waals surface area contributed by atoms with Gasteiger partial charge in [-0.2, -0.15) is 0 Å². The second-order valence-corrected chi connectivity index (χ2v) is 6.58. The molecule has 1 aromatic heterocycles. The molecule has 4 nitrogen and oxygen atoms in total. The molecule has 1 heterocycles. The van der Waals surface area contributed by atoms with E-state index < -0.39 is 0 Å². The molecule has 0 spiro atoms. The number of carbonyl (C=O) groups is 1. The van der Waals surface area contributed by atoms with Gasteiger partial charge >= 0.3 is 0 Å². The van der Waals surface area contributed by atoms with Crippen molar-refractivity contribution in [1.29, 1.82) is 0 Å². The van der Waals surface area contributed by atoms with Crippen LogP contribution < -0.4 is 10.6 Å². The molecule has 3 aromatic rings. The molecule has 0 aliphatic heterocycles. The van der Waals surface area contributed by atoms with Crippen LogP contribution in [-0.2, 0) is 6.42 Å². The van der Waals surface area contributed by atoms with Crippen LogP contribution in [0.3, 0.4) is 0 Å². The first-order valence-corrected chi connectivity index (χ1v) is 8.90. The molecule has 0 atom stereocenters. The summed E-state index contributed by atoms with van der Waals surface area (Å²) in [7, 11) is 0. The minimum Gasteiger partial charge on any atom is -0.383 e. The molecule has 3 rings (SSSR count). The van der Waals surface area contributed by atoms with Gasteiger partial charge in [-0.05, 0) is 54.8 Å². The molecule has 0 bridgehead atoms. The van der Waals surface area contributed by atoms with E-state index in [1.807, 2.05) is 13.0 Å². The lowest BCUT2D eigenvalue weighted by atomic mass is 10.1. The Balaban J connectivity index is 1.62. The molecule has 6 heteroatoms. The molecule has 138 valence electrons. The van der Waals surface area contributed by atoms with Crippen molar-refractivity contribution in [3.05, 3.63) is 88.5 Å². The fourth-order valence-electron chi connectivity index (χ4n) is 2.67. The number of hydrogen-bond donors (Lipinski definition) is 2. The summed E-state index contributed by atoms with van der Waals surface area (Å²) in [5.41, 5.74) is 3.35. The van der Waals surface area contributed by atoms with Crippen molar-refractivity contribution in [3.8, 4) is 0 Å². The van der Waals surface area contributed by atoms with Gasteiger partial charge in [0.1, 0.15) is 5.82 Å². The van der Waals surface area contributed by atoms with E-state index in [4.69, 9.17) is 11.6 Å². The molecular formula is C21H19ClFN3O. The minimum atomic E-state index is -0.259. The smallest absolute Gasteiger partial charge is 0.257 e. The largest absolute Gasteiger partial charge is 0.383 e. The van der Waals surface area contributed by atoms with Crippen LogP contribution in [0.5, 0.6) is 0 Å². The lowest BCUT2D eigenvalue weighted by molar-refractivity contribution is 0.102. The standard InChI is InChI=1S/C21H19ClFN3O/c1-14-10-17(22)6-7-20(14)26-21(27)16-11-18(13-24-12-16)25-9-8-15-4-2-3-5-19(15)23/h2-7,10-13,25H,8-9H2,1H3,(H,26,27). The summed E-state index contributed by atoms with van der Waals surface area (Å²) in [6.07, 6.45) is 3.67. The summed E-state index contributed by atoms with van der Waals surface area (Å²) < 4.78 is 13.6. The minimum absolute atomic E-state index is 0.219. The summed E-state index contributed by atoms with van der Waals surface area (Å²) in [5.74, 6) is -0.477. The molecule has 27 heavy (non-hydrogen) atoms. The fraction of sp³-hybridized carbons (Fsp3) is 0.143. The number of rotatable bonds is 6. The number of benzene rings is 2. The molecule has 0 saturated carbocycles. The van der Waals surface area contributed by atoms with Crippen LogP contribution in [0, 0.1) is 12.7 Å². The molecule has 0 radical (unpaired) electrons. The quantitative estimate of drug-likeness (QED) is 0.623. The van der Waals surface area contributed by atoms with Crippen LogP contribution in [0.2, 0.25) is 5.02 Å². The first-order valence-electron chi connectivity index (χ1n) is 8.53. The van der Waals surface area contributed by atoms with Crippen molar-refractivity contribution in [3.63, 3.8) is 0 Å². The summed E-state index contributed by atoms with van der Waals surface area (Å²) in [4.78, 5) is 16.6. The third kappa shape index (κ3) is 5.05. The Labute approximate surface area is 162 Å². The Morgan fingerprint density at radius 2 is 1.96 bits per heavy atom. The highest BCUT2D eigenvalue weighted by Gasteiger charge is 2.09. The number of pyridine rings is 1. The van der Waals surface area contributed by atoms with Gasteiger partial charge in [0.05, 0.1) is 11.3 Å². The highest BCUT2D eigenvalue weighted by Crippen LogP contribution is 2.20. The van der Waals surface area contributed by atoms with Crippen molar-refractivity contribution in [2.75, 3.05) is 17.2 Å². The molecule has 0 aliphatic rings. The summed E-state index contributed by atoms with van der Waals surface area (Å²) in [6, 6.07) is 13.7. The monoisotopic (exact) mass is 383 g/mol. The van der Waals surface area contributed by atoms with Gasteiger partial charge in [0.15, 0.2) is 0 Å². The third-order valence-electron chi connectivity index (χ3n) is 4.12. The van der Waals surface area contributed by atoms with Crippen LogP contribution in [0.15, 0.2) is 60.9 Å². The lowest BCUT2D eigenvalue weighted by Gasteiger charge is -2.10. The van der Waals surface area contributed by atoms with Gasteiger partial charge in [0.25, 0.3) is 5.91 Å². The number of aromatic nitrogens is 1.